The standard InChI is InChI=1S/C18H23F2NO2/c19-14-5-4-6-15(20)16(14)12-9-13(12)17(23)21-10-18(11-22)7-2-1-3-8-18/h4-6,12-13,22H,1-3,7-11H2,(H,21,23)/t12-,13-/m1/s1. The lowest BCUT2D eigenvalue weighted by atomic mass is 9.74. The van der Waals surface area contributed by atoms with Crippen LogP contribution in [0.4, 0.5) is 8.78 Å². The second kappa shape index (κ2) is 6.56. The molecule has 5 heteroatoms. The highest BCUT2D eigenvalue weighted by atomic mass is 19.1. The van der Waals surface area contributed by atoms with E-state index in [2.05, 4.69) is 5.32 Å². The van der Waals surface area contributed by atoms with Crippen molar-refractivity contribution in [3.8, 4) is 0 Å². The summed E-state index contributed by atoms with van der Waals surface area (Å²) in [6.07, 6.45) is 5.63. The Bertz CT molecular complexity index is 564. The molecular weight excluding hydrogens is 300 g/mol. The first kappa shape index (κ1) is 16.4. The lowest BCUT2D eigenvalue weighted by Gasteiger charge is -2.35. The molecule has 2 fully saturated rings. The highest BCUT2D eigenvalue weighted by molar-refractivity contribution is 5.83. The molecule has 3 rings (SSSR count). The van der Waals surface area contributed by atoms with Gasteiger partial charge in [0, 0.05) is 29.4 Å². The molecule has 0 bridgehead atoms. The van der Waals surface area contributed by atoms with Crippen molar-refractivity contribution in [3.63, 3.8) is 0 Å². The molecule has 0 aliphatic heterocycles. The maximum absolute atomic E-state index is 13.8. The summed E-state index contributed by atoms with van der Waals surface area (Å²) >= 11 is 0. The number of halogens is 2. The van der Waals surface area contributed by atoms with Crippen LogP contribution in [0, 0.1) is 23.0 Å². The van der Waals surface area contributed by atoms with Gasteiger partial charge in [0.2, 0.25) is 5.91 Å². The quantitative estimate of drug-likeness (QED) is 0.875. The summed E-state index contributed by atoms with van der Waals surface area (Å²) < 4.78 is 27.5. The predicted octanol–water partition coefficient (Wildman–Crippen LogP) is 3.13. The Morgan fingerprint density at radius 2 is 1.87 bits per heavy atom. The van der Waals surface area contributed by atoms with E-state index in [0.717, 1.165) is 25.7 Å². The van der Waals surface area contributed by atoms with Crippen molar-refractivity contribution < 1.29 is 18.7 Å². The van der Waals surface area contributed by atoms with Gasteiger partial charge in [-0.25, -0.2) is 8.78 Å². The van der Waals surface area contributed by atoms with Gasteiger partial charge in [-0.1, -0.05) is 25.3 Å². The first-order chi connectivity index (χ1) is 11.1. The van der Waals surface area contributed by atoms with Crippen LogP contribution in [0.3, 0.4) is 0 Å². The van der Waals surface area contributed by atoms with Crippen LogP contribution >= 0.6 is 0 Å². The Morgan fingerprint density at radius 1 is 1.22 bits per heavy atom. The number of hydrogen-bond donors (Lipinski definition) is 2. The number of amides is 1. The second-order valence-electron chi connectivity index (χ2n) is 7.02. The first-order valence-corrected chi connectivity index (χ1v) is 8.39. The van der Waals surface area contributed by atoms with Gasteiger partial charge in [0.15, 0.2) is 0 Å². The van der Waals surface area contributed by atoms with Crippen molar-refractivity contribution in [1.29, 1.82) is 0 Å². The molecule has 2 N–H and O–H groups in total. The van der Waals surface area contributed by atoms with E-state index in [-0.39, 0.29) is 35.3 Å². The zero-order valence-corrected chi connectivity index (χ0v) is 13.2. The number of carbonyl (C=O) groups is 1. The predicted molar refractivity (Wildman–Crippen MR) is 82.8 cm³/mol. The summed E-state index contributed by atoms with van der Waals surface area (Å²) in [4.78, 5) is 12.3. The molecule has 0 unspecified atom stereocenters. The third-order valence-corrected chi connectivity index (χ3v) is 5.38. The summed E-state index contributed by atoms with van der Waals surface area (Å²) in [6, 6.07) is 3.79. The van der Waals surface area contributed by atoms with E-state index in [1.54, 1.807) is 0 Å². The van der Waals surface area contributed by atoms with Gasteiger partial charge in [0.1, 0.15) is 11.6 Å². The average Bonchev–Trinajstić information content (AvgIpc) is 3.34. The van der Waals surface area contributed by atoms with Crippen LogP contribution in [0.25, 0.3) is 0 Å². The fraction of sp³-hybridized carbons (Fsp3) is 0.611. The summed E-state index contributed by atoms with van der Waals surface area (Å²) in [7, 11) is 0. The normalized spacial score (nSPS) is 25.9. The van der Waals surface area contributed by atoms with Crippen LogP contribution in [-0.2, 0) is 4.79 Å². The fourth-order valence-corrected chi connectivity index (χ4v) is 3.77. The van der Waals surface area contributed by atoms with E-state index >= 15 is 0 Å². The first-order valence-electron chi connectivity index (χ1n) is 8.39. The Hall–Kier alpha value is -1.49. The summed E-state index contributed by atoms with van der Waals surface area (Å²) in [6.45, 7) is 0.522. The summed E-state index contributed by atoms with van der Waals surface area (Å²) in [5.74, 6) is -2.04. The van der Waals surface area contributed by atoms with Gasteiger partial charge in [0.05, 0.1) is 6.61 Å². The number of aliphatic hydroxyl groups is 1. The lowest BCUT2D eigenvalue weighted by molar-refractivity contribution is -0.123. The number of rotatable bonds is 5. The van der Waals surface area contributed by atoms with Crippen molar-refractivity contribution in [3.05, 3.63) is 35.4 Å². The maximum Gasteiger partial charge on any atom is 0.223 e. The van der Waals surface area contributed by atoms with E-state index in [9.17, 15) is 18.7 Å². The van der Waals surface area contributed by atoms with Crippen LogP contribution < -0.4 is 5.32 Å². The lowest BCUT2D eigenvalue weighted by Crippen LogP contribution is -2.42. The van der Waals surface area contributed by atoms with Crippen molar-refractivity contribution in [1.82, 2.24) is 5.32 Å². The SMILES string of the molecule is O=C(NCC1(CO)CCCCC1)[C@@H]1C[C@H]1c1c(F)cccc1F. The highest BCUT2D eigenvalue weighted by Crippen LogP contribution is 2.49. The van der Waals surface area contributed by atoms with Gasteiger partial charge in [-0.3, -0.25) is 4.79 Å². The monoisotopic (exact) mass is 323 g/mol. The molecule has 2 aliphatic rings. The number of hydrogen-bond acceptors (Lipinski definition) is 2. The van der Waals surface area contributed by atoms with Crippen molar-refractivity contribution in [2.75, 3.05) is 13.2 Å². The molecule has 1 amide bonds. The Balaban J connectivity index is 1.58. The van der Waals surface area contributed by atoms with Crippen LogP contribution in [0.5, 0.6) is 0 Å². The minimum Gasteiger partial charge on any atom is -0.396 e. The molecule has 23 heavy (non-hydrogen) atoms. The molecular formula is C18H23F2NO2. The fourth-order valence-electron chi connectivity index (χ4n) is 3.77. The van der Waals surface area contributed by atoms with Gasteiger partial charge in [0.25, 0.3) is 0 Å². The zero-order chi connectivity index (χ0) is 16.4. The molecule has 1 aromatic carbocycles. The minimum absolute atomic E-state index is 0.0298. The van der Waals surface area contributed by atoms with Crippen LogP contribution in [0.1, 0.15) is 50.0 Å². The summed E-state index contributed by atoms with van der Waals surface area (Å²) in [5.41, 5.74) is -0.191. The zero-order valence-electron chi connectivity index (χ0n) is 13.2. The number of carbonyl (C=O) groups excluding carboxylic acids is 1. The van der Waals surface area contributed by atoms with Gasteiger partial charge < -0.3 is 10.4 Å². The molecule has 0 radical (unpaired) electrons. The molecule has 0 spiro atoms. The third kappa shape index (κ3) is 3.39. The van der Waals surface area contributed by atoms with Gasteiger partial charge in [-0.15, -0.1) is 0 Å². The molecule has 1 aromatic rings. The molecule has 0 heterocycles. The molecule has 2 atom stereocenters. The molecule has 2 saturated carbocycles. The van der Waals surface area contributed by atoms with E-state index in [1.807, 2.05) is 0 Å². The van der Waals surface area contributed by atoms with Crippen molar-refractivity contribution in [2.24, 2.45) is 11.3 Å². The average molecular weight is 323 g/mol. The Morgan fingerprint density at radius 3 is 2.48 bits per heavy atom. The van der Waals surface area contributed by atoms with Crippen molar-refractivity contribution >= 4 is 5.91 Å². The second-order valence-corrected chi connectivity index (χ2v) is 7.02. The molecule has 3 nitrogen and oxygen atoms in total. The topological polar surface area (TPSA) is 49.3 Å². The van der Waals surface area contributed by atoms with Crippen LogP contribution in [0.15, 0.2) is 18.2 Å². The van der Waals surface area contributed by atoms with Gasteiger partial charge in [-0.05, 0) is 31.4 Å². The number of nitrogens with one attached hydrogen (secondary N) is 1. The van der Waals surface area contributed by atoms with E-state index < -0.39 is 11.6 Å². The molecule has 126 valence electrons. The third-order valence-electron chi connectivity index (χ3n) is 5.38. The summed E-state index contributed by atoms with van der Waals surface area (Å²) in [5, 5.41) is 12.6. The van der Waals surface area contributed by atoms with Gasteiger partial charge in [-0.2, -0.15) is 0 Å². The number of aliphatic hydroxyl groups excluding tert-OH is 1. The number of benzene rings is 1. The van der Waals surface area contributed by atoms with E-state index in [1.165, 1.54) is 24.6 Å². The molecule has 0 aromatic heterocycles. The van der Waals surface area contributed by atoms with Gasteiger partial charge >= 0.3 is 0 Å². The van der Waals surface area contributed by atoms with Crippen LogP contribution in [-0.4, -0.2) is 24.2 Å². The van der Waals surface area contributed by atoms with E-state index in [4.69, 9.17) is 0 Å². The molecule has 2 aliphatic carbocycles. The Labute approximate surface area is 135 Å². The van der Waals surface area contributed by atoms with Crippen molar-refractivity contribution in [2.45, 2.75) is 44.4 Å². The highest BCUT2D eigenvalue weighted by Gasteiger charge is 2.47. The van der Waals surface area contributed by atoms with Crippen LogP contribution in [0.2, 0.25) is 0 Å². The maximum atomic E-state index is 13.8. The van der Waals surface area contributed by atoms with E-state index in [0.29, 0.717) is 13.0 Å². The largest absolute Gasteiger partial charge is 0.396 e. The molecule has 0 saturated heterocycles. The minimum atomic E-state index is -0.579. The Kier molecular flexibility index (Phi) is 4.67. The smallest absolute Gasteiger partial charge is 0.223 e.